The lowest BCUT2D eigenvalue weighted by molar-refractivity contribution is -0.384. The topological polar surface area (TPSA) is 108 Å². The van der Waals surface area contributed by atoms with Crippen LogP contribution in [0, 0.1) is 10.1 Å². The third kappa shape index (κ3) is 5.87. The van der Waals surface area contributed by atoms with Gasteiger partial charge in [0.15, 0.2) is 0 Å². The lowest BCUT2D eigenvalue weighted by Gasteiger charge is -2.36. The molecule has 0 aliphatic carbocycles. The molecule has 0 spiro atoms. The summed E-state index contributed by atoms with van der Waals surface area (Å²) in [6.07, 6.45) is 0.914. The van der Waals surface area contributed by atoms with Gasteiger partial charge in [0.25, 0.3) is 5.69 Å². The second kappa shape index (κ2) is 11.0. The molecule has 9 nitrogen and oxygen atoms in total. The molecule has 0 saturated heterocycles. The average Bonchev–Trinajstić information content (AvgIpc) is 2.89. The zero-order valence-corrected chi connectivity index (χ0v) is 20.3. The molecule has 186 valence electrons. The molecule has 0 aromatic heterocycles. The first kappa shape index (κ1) is 24.9. The van der Waals surface area contributed by atoms with Crippen molar-refractivity contribution < 1.29 is 14.5 Å². The van der Waals surface area contributed by atoms with Crippen LogP contribution in [0.4, 0.5) is 17.1 Å². The fourth-order valence-electron chi connectivity index (χ4n) is 4.36. The van der Waals surface area contributed by atoms with Gasteiger partial charge in [-0.1, -0.05) is 36.4 Å². The van der Waals surface area contributed by atoms with Gasteiger partial charge >= 0.3 is 11.8 Å². The number of rotatable bonds is 7. The molecule has 4 rings (SSSR count). The molecule has 0 bridgehead atoms. The van der Waals surface area contributed by atoms with Crippen molar-refractivity contribution in [2.75, 3.05) is 37.4 Å². The Balaban J connectivity index is 1.46. The van der Waals surface area contributed by atoms with E-state index >= 15 is 0 Å². The van der Waals surface area contributed by atoms with E-state index < -0.39 is 16.7 Å². The molecule has 0 saturated carbocycles. The highest BCUT2D eigenvalue weighted by atomic mass is 16.6. The Bertz CT molecular complexity index is 1240. The number of non-ortho nitro benzene ring substituents is 1. The highest BCUT2D eigenvalue weighted by Crippen LogP contribution is 2.28. The molecule has 3 aromatic rings. The van der Waals surface area contributed by atoms with E-state index in [9.17, 15) is 19.7 Å². The van der Waals surface area contributed by atoms with Crippen molar-refractivity contribution in [2.45, 2.75) is 19.0 Å². The molecule has 0 fully saturated rings. The average molecular weight is 488 g/mol. The summed E-state index contributed by atoms with van der Waals surface area (Å²) < 4.78 is 0. The molecule has 9 heteroatoms. The van der Waals surface area contributed by atoms with Crippen LogP contribution in [-0.2, 0) is 22.6 Å². The smallest absolute Gasteiger partial charge is 0.313 e. The van der Waals surface area contributed by atoms with Crippen molar-refractivity contribution in [1.82, 2.24) is 10.2 Å². The molecular formula is C27H29N5O4. The highest BCUT2D eigenvalue weighted by Gasteiger charge is 2.26. The Morgan fingerprint density at radius 1 is 0.972 bits per heavy atom. The number of nitro benzene ring substituents is 1. The van der Waals surface area contributed by atoms with Crippen molar-refractivity contribution in [3.8, 4) is 0 Å². The van der Waals surface area contributed by atoms with Crippen LogP contribution in [-0.4, -0.2) is 48.8 Å². The van der Waals surface area contributed by atoms with E-state index in [1.165, 1.54) is 35.4 Å². The molecule has 36 heavy (non-hydrogen) atoms. The Labute approximate surface area is 209 Å². The van der Waals surface area contributed by atoms with Crippen LogP contribution in [0.25, 0.3) is 0 Å². The number of nitrogens with zero attached hydrogens (tertiary/aromatic N) is 3. The van der Waals surface area contributed by atoms with Gasteiger partial charge in [-0.15, -0.1) is 0 Å². The second-order valence-electron chi connectivity index (χ2n) is 8.96. The Hall–Kier alpha value is -4.24. The second-order valence-corrected chi connectivity index (χ2v) is 8.96. The number of benzene rings is 3. The van der Waals surface area contributed by atoms with Crippen molar-refractivity contribution in [3.63, 3.8) is 0 Å². The van der Waals surface area contributed by atoms with Crippen molar-refractivity contribution >= 4 is 28.9 Å². The molecule has 1 aliphatic rings. The minimum absolute atomic E-state index is 0.0938. The van der Waals surface area contributed by atoms with Gasteiger partial charge in [-0.2, -0.15) is 0 Å². The maximum atomic E-state index is 12.6. The van der Waals surface area contributed by atoms with Crippen molar-refractivity contribution in [2.24, 2.45) is 0 Å². The van der Waals surface area contributed by atoms with E-state index in [0.29, 0.717) is 5.69 Å². The van der Waals surface area contributed by atoms with E-state index in [0.717, 1.165) is 30.8 Å². The largest absolute Gasteiger partial charge is 0.378 e. The zero-order chi connectivity index (χ0) is 25.7. The van der Waals surface area contributed by atoms with Gasteiger partial charge in [0, 0.05) is 57.2 Å². The number of carbonyl (C=O) groups excluding carboxylic acids is 2. The number of nitro groups is 1. The van der Waals surface area contributed by atoms with E-state index in [1.54, 1.807) is 0 Å². The fraction of sp³-hybridized carbons (Fsp3) is 0.259. The third-order valence-electron chi connectivity index (χ3n) is 6.39. The number of carbonyl (C=O) groups is 2. The fourth-order valence-corrected chi connectivity index (χ4v) is 4.36. The minimum Gasteiger partial charge on any atom is -0.378 e. The first-order valence-corrected chi connectivity index (χ1v) is 11.7. The van der Waals surface area contributed by atoms with Crippen LogP contribution >= 0.6 is 0 Å². The first-order chi connectivity index (χ1) is 17.3. The van der Waals surface area contributed by atoms with Crippen LogP contribution in [0.2, 0.25) is 0 Å². The van der Waals surface area contributed by atoms with Crippen LogP contribution in [0.5, 0.6) is 0 Å². The molecule has 0 radical (unpaired) electrons. The van der Waals surface area contributed by atoms with Crippen molar-refractivity contribution in [3.05, 3.63) is 99.6 Å². The Morgan fingerprint density at radius 2 is 1.64 bits per heavy atom. The van der Waals surface area contributed by atoms with Gasteiger partial charge in [-0.25, -0.2) is 0 Å². The number of hydrogen-bond donors (Lipinski definition) is 2. The molecule has 1 atom stereocenters. The summed E-state index contributed by atoms with van der Waals surface area (Å²) in [5.41, 5.74) is 4.94. The molecule has 3 aromatic carbocycles. The van der Waals surface area contributed by atoms with Crippen LogP contribution < -0.4 is 15.5 Å². The summed E-state index contributed by atoms with van der Waals surface area (Å²) >= 11 is 0. The first-order valence-electron chi connectivity index (χ1n) is 11.7. The summed E-state index contributed by atoms with van der Waals surface area (Å²) in [5.74, 6) is -1.59. The normalized spacial score (nSPS) is 13.8. The van der Waals surface area contributed by atoms with Gasteiger partial charge < -0.3 is 15.5 Å². The third-order valence-corrected chi connectivity index (χ3v) is 6.39. The molecular weight excluding hydrogens is 458 g/mol. The van der Waals surface area contributed by atoms with Gasteiger partial charge in [0.1, 0.15) is 0 Å². The van der Waals surface area contributed by atoms with Crippen LogP contribution in [0.1, 0.15) is 22.7 Å². The number of hydrogen-bond acceptors (Lipinski definition) is 6. The Kier molecular flexibility index (Phi) is 7.60. The zero-order valence-electron chi connectivity index (χ0n) is 20.3. The maximum absolute atomic E-state index is 12.6. The monoisotopic (exact) mass is 487 g/mol. The predicted octanol–water partition coefficient (Wildman–Crippen LogP) is 3.52. The molecule has 2 amide bonds. The molecule has 1 heterocycles. The summed E-state index contributed by atoms with van der Waals surface area (Å²) in [6, 6.07) is 21.8. The molecule has 1 aliphatic heterocycles. The lowest BCUT2D eigenvalue weighted by Crippen LogP contribution is -2.43. The number of fused-ring (bicyclic) bond motifs is 1. The van der Waals surface area contributed by atoms with Crippen LogP contribution in [0.15, 0.2) is 72.8 Å². The summed E-state index contributed by atoms with van der Waals surface area (Å²) in [5, 5.41) is 16.1. The van der Waals surface area contributed by atoms with Gasteiger partial charge in [0.05, 0.1) is 11.0 Å². The van der Waals surface area contributed by atoms with Crippen molar-refractivity contribution in [1.29, 1.82) is 0 Å². The number of amides is 2. The van der Waals surface area contributed by atoms with Gasteiger partial charge in [0.2, 0.25) is 0 Å². The standard InChI is InChI=1S/C27H29N5O4/c1-30(2)23-11-7-20(8-12-23)25(31-16-15-19-5-3-4-6-21(19)18-31)17-28-26(33)27(34)29-22-9-13-24(14-10-22)32(35)36/h3-14,25H,15-18H2,1-2H3,(H,28,33)(H,29,34)/t25-/m0/s1. The molecule has 2 N–H and O–H groups in total. The SMILES string of the molecule is CN(C)c1ccc([C@H](CNC(=O)C(=O)Nc2ccc([N+](=O)[O-])cc2)N2CCc3ccccc3C2)cc1. The summed E-state index contributed by atoms with van der Waals surface area (Å²) in [6.45, 7) is 1.85. The van der Waals surface area contributed by atoms with E-state index in [4.69, 9.17) is 0 Å². The number of anilines is 2. The maximum Gasteiger partial charge on any atom is 0.313 e. The quantitative estimate of drug-likeness (QED) is 0.300. The summed E-state index contributed by atoms with van der Waals surface area (Å²) in [4.78, 5) is 39.7. The minimum atomic E-state index is -0.824. The van der Waals surface area contributed by atoms with E-state index in [1.807, 2.05) is 37.2 Å². The van der Waals surface area contributed by atoms with Crippen LogP contribution in [0.3, 0.4) is 0 Å². The lowest BCUT2D eigenvalue weighted by atomic mass is 9.96. The van der Waals surface area contributed by atoms with E-state index in [2.05, 4.69) is 45.9 Å². The molecule has 0 unspecified atom stereocenters. The van der Waals surface area contributed by atoms with Gasteiger partial charge in [-0.05, 0) is 47.4 Å². The Morgan fingerprint density at radius 3 is 2.28 bits per heavy atom. The predicted molar refractivity (Wildman–Crippen MR) is 139 cm³/mol. The van der Waals surface area contributed by atoms with E-state index in [-0.39, 0.29) is 18.3 Å². The summed E-state index contributed by atoms with van der Waals surface area (Å²) in [7, 11) is 3.97. The van der Waals surface area contributed by atoms with Gasteiger partial charge in [-0.3, -0.25) is 24.6 Å². The number of nitrogens with one attached hydrogen (secondary N) is 2. The highest BCUT2D eigenvalue weighted by molar-refractivity contribution is 6.39.